The number of hydrogen-bond donors (Lipinski definition) is 4. The van der Waals surface area contributed by atoms with Crippen LogP contribution in [-0.4, -0.2) is 42.1 Å². The zero-order valence-electron chi connectivity index (χ0n) is 17.6. The van der Waals surface area contributed by atoms with Crippen LogP contribution in [0.2, 0.25) is 0 Å². The van der Waals surface area contributed by atoms with Crippen molar-refractivity contribution < 1.29 is 14.0 Å². The molecule has 34 heavy (non-hydrogen) atoms. The Balaban J connectivity index is 1.38. The molecule has 3 amide bonds. The number of nitrogens with one attached hydrogen (secondary N) is 4. The number of halogens is 1. The minimum Gasteiger partial charge on any atom is -0.367 e. The average molecular weight is 459 g/mol. The van der Waals surface area contributed by atoms with E-state index in [9.17, 15) is 14.0 Å². The fraction of sp³-hybridized carbons (Fsp3) is 0.136. The maximum Gasteiger partial charge on any atom is 0.326 e. The lowest BCUT2D eigenvalue weighted by Gasteiger charge is -2.13. The van der Waals surface area contributed by atoms with Crippen molar-refractivity contribution in [3.8, 4) is 5.69 Å². The summed E-state index contributed by atoms with van der Waals surface area (Å²) in [5, 5.41) is 15.4. The minimum absolute atomic E-state index is 0.0953. The molecule has 4 N–H and O–H groups in total. The van der Waals surface area contributed by atoms with Crippen LogP contribution in [0.1, 0.15) is 18.4 Å². The van der Waals surface area contributed by atoms with E-state index in [1.165, 1.54) is 12.1 Å². The molecular formula is C22H18FN9O2. The molecule has 4 aromatic rings. The van der Waals surface area contributed by atoms with Gasteiger partial charge in [-0.1, -0.05) is 0 Å². The van der Waals surface area contributed by atoms with Gasteiger partial charge in [-0.05, 0) is 31.1 Å². The van der Waals surface area contributed by atoms with Crippen LogP contribution >= 0.6 is 0 Å². The van der Waals surface area contributed by atoms with Gasteiger partial charge in [0.1, 0.15) is 23.1 Å². The molecule has 4 heterocycles. The van der Waals surface area contributed by atoms with Crippen molar-refractivity contribution >= 4 is 41.0 Å². The number of benzene rings is 1. The fourth-order valence-corrected chi connectivity index (χ4v) is 3.64. The number of nitrogens with zero attached hydrogens (tertiary/aromatic N) is 5. The molecule has 6 rings (SSSR count). The number of hydrogen-bond acceptors (Lipinski definition) is 7. The highest BCUT2D eigenvalue weighted by Crippen LogP contribution is 2.29. The van der Waals surface area contributed by atoms with E-state index >= 15 is 0 Å². The predicted octanol–water partition coefficient (Wildman–Crippen LogP) is 2.55. The Bertz CT molecular complexity index is 1470. The normalized spacial score (nSPS) is 16.7. The molecule has 1 aliphatic carbocycles. The molecule has 0 radical (unpaired) electrons. The highest BCUT2D eigenvalue weighted by atomic mass is 19.1. The second-order valence-electron chi connectivity index (χ2n) is 8.01. The largest absolute Gasteiger partial charge is 0.367 e. The molecule has 170 valence electrons. The van der Waals surface area contributed by atoms with Crippen molar-refractivity contribution in [1.82, 2.24) is 34.8 Å². The lowest BCUT2D eigenvalue weighted by molar-refractivity contribution is -0.115. The summed E-state index contributed by atoms with van der Waals surface area (Å²) in [6.07, 6.45) is 10.1. The fourth-order valence-electron chi connectivity index (χ4n) is 3.64. The summed E-state index contributed by atoms with van der Waals surface area (Å²) in [5.41, 5.74) is 1.94. The van der Waals surface area contributed by atoms with Crippen molar-refractivity contribution in [2.75, 3.05) is 10.6 Å². The second-order valence-corrected chi connectivity index (χ2v) is 8.01. The standard InChI is InChI=1S/C22H18FN9O2/c23-15-8-14(31-6-5-24-11-31)3-4-16(15)27-18-9-19(26-13-1-2-13)32-20(29-18)12(10-25-32)7-17-21(33)30-22(34)28-17/h3-11,13,26H,1-2H2,(H,27,29)(H2,28,30,33,34)/b17-7-. The number of urea groups is 1. The SMILES string of the molecule is O=C1NC(=O)/C(=C/c2cnn3c(NC4CC4)cc(Nc4ccc(-n5ccnc5)cc4F)nc23)N1. The van der Waals surface area contributed by atoms with Crippen LogP contribution in [0, 0.1) is 5.82 Å². The summed E-state index contributed by atoms with van der Waals surface area (Å²) in [4.78, 5) is 32.0. The van der Waals surface area contributed by atoms with Gasteiger partial charge in [-0.3, -0.25) is 10.1 Å². The number of rotatable bonds is 6. The van der Waals surface area contributed by atoms with Crippen LogP contribution < -0.4 is 21.3 Å². The number of amides is 3. The number of imidazole rings is 1. The zero-order valence-corrected chi connectivity index (χ0v) is 17.6. The van der Waals surface area contributed by atoms with Gasteiger partial charge in [0.05, 0.1) is 18.2 Å². The van der Waals surface area contributed by atoms with E-state index < -0.39 is 17.8 Å². The van der Waals surface area contributed by atoms with E-state index in [1.807, 2.05) is 0 Å². The monoisotopic (exact) mass is 459 g/mol. The van der Waals surface area contributed by atoms with E-state index in [2.05, 4.69) is 36.3 Å². The summed E-state index contributed by atoms with van der Waals surface area (Å²) in [6, 6.07) is 6.29. The van der Waals surface area contributed by atoms with Crippen molar-refractivity contribution in [2.24, 2.45) is 0 Å². The summed E-state index contributed by atoms with van der Waals surface area (Å²) in [7, 11) is 0. The zero-order chi connectivity index (χ0) is 23.2. The minimum atomic E-state index is -0.589. The molecule has 1 aliphatic heterocycles. The first-order chi connectivity index (χ1) is 16.5. The smallest absolute Gasteiger partial charge is 0.326 e. The number of anilines is 3. The van der Waals surface area contributed by atoms with E-state index in [1.54, 1.807) is 52.2 Å². The molecule has 1 saturated carbocycles. The Kier molecular flexibility index (Phi) is 4.50. The Morgan fingerprint density at radius 1 is 1.18 bits per heavy atom. The maximum absolute atomic E-state index is 14.9. The molecule has 0 spiro atoms. The Morgan fingerprint density at radius 2 is 2.06 bits per heavy atom. The summed E-state index contributed by atoms with van der Waals surface area (Å²) in [5.74, 6) is 0.0840. The van der Waals surface area contributed by atoms with Gasteiger partial charge in [0.2, 0.25) is 0 Å². The Hall–Kier alpha value is -4.74. The topological polar surface area (TPSA) is 130 Å². The third-order valence-electron chi connectivity index (χ3n) is 5.47. The van der Waals surface area contributed by atoms with Crippen molar-refractivity contribution in [3.05, 3.63) is 66.3 Å². The van der Waals surface area contributed by atoms with Gasteiger partial charge in [0.25, 0.3) is 5.91 Å². The van der Waals surface area contributed by atoms with Gasteiger partial charge >= 0.3 is 6.03 Å². The van der Waals surface area contributed by atoms with Gasteiger partial charge in [-0.25, -0.2) is 19.2 Å². The predicted molar refractivity (Wildman–Crippen MR) is 121 cm³/mol. The number of carbonyl (C=O) groups is 2. The van der Waals surface area contributed by atoms with Gasteiger partial charge in [0.15, 0.2) is 5.65 Å². The first-order valence-corrected chi connectivity index (χ1v) is 10.6. The number of carbonyl (C=O) groups excluding carboxylic acids is 2. The molecule has 1 saturated heterocycles. The van der Waals surface area contributed by atoms with Crippen LogP contribution in [0.25, 0.3) is 17.4 Å². The number of aromatic nitrogens is 5. The maximum atomic E-state index is 14.9. The Labute approximate surface area is 191 Å². The summed E-state index contributed by atoms with van der Waals surface area (Å²) < 4.78 is 18.2. The van der Waals surface area contributed by atoms with Crippen LogP contribution in [0.15, 0.2) is 54.9 Å². The van der Waals surface area contributed by atoms with E-state index in [0.717, 1.165) is 12.8 Å². The molecule has 11 nitrogen and oxygen atoms in total. The Morgan fingerprint density at radius 3 is 2.76 bits per heavy atom. The lowest BCUT2D eigenvalue weighted by Crippen LogP contribution is -2.22. The molecule has 1 aromatic carbocycles. The number of fused-ring (bicyclic) bond motifs is 1. The molecule has 12 heteroatoms. The molecule has 0 atom stereocenters. The van der Waals surface area contributed by atoms with Gasteiger partial charge in [-0.15, -0.1) is 0 Å². The van der Waals surface area contributed by atoms with E-state index in [-0.39, 0.29) is 11.4 Å². The van der Waals surface area contributed by atoms with Crippen molar-refractivity contribution in [2.45, 2.75) is 18.9 Å². The van der Waals surface area contributed by atoms with Crippen molar-refractivity contribution in [3.63, 3.8) is 0 Å². The molecular weight excluding hydrogens is 441 g/mol. The molecule has 2 fully saturated rings. The van der Waals surface area contributed by atoms with Gasteiger partial charge < -0.3 is 20.5 Å². The van der Waals surface area contributed by atoms with Gasteiger partial charge in [-0.2, -0.15) is 9.61 Å². The second kappa shape index (κ2) is 7.69. The van der Waals surface area contributed by atoms with E-state index in [4.69, 9.17) is 0 Å². The van der Waals surface area contributed by atoms with Crippen molar-refractivity contribution in [1.29, 1.82) is 0 Å². The van der Waals surface area contributed by atoms with E-state index in [0.29, 0.717) is 34.6 Å². The summed E-state index contributed by atoms with van der Waals surface area (Å²) in [6.45, 7) is 0. The molecule has 2 aliphatic rings. The first kappa shape index (κ1) is 19.9. The third-order valence-corrected chi connectivity index (χ3v) is 5.47. The van der Waals surface area contributed by atoms with Gasteiger partial charge in [0, 0.05) is 41.8 Å². The molecule has 0 bridgehead atoms. The molecule has 0 unspecified atom stereocenters. The highest BCUT2D eigenvalue weighted by molar-refractivity contribution is 6.14. The summed E-state index contributed by atoms with van der Waals surface area (Å²) >= 11 is 0. The lowest BCUT2D eigenvalue weighted by atomic mass is 10.2. The van der Waals surface area contributed by atoms with Crippen LogP contribution in [0.5, 0.6) is 0 Å². The quantitative estimate of drug-likeness (QED) is 0.258. The molecule has 3 aromatic heterocycles. The van der Waals surface area contributed by atoms with Crippen LogP contribution in [0.4, 0.5) is 26.5 Å². The van der Waals surface area contributed by atoms with Crippen LogP contribution in [-0.2, 0) is 4.79 Å². The average Bonchev–Trinajstić information content (AvgIpc) is 3.18. The van der Waals surface area contributed by atoms with Crippen LogP contribution in [0.3, 0.4) is 0 Å². The first-order valence-electron chi connectivity index (χ1n) is 10.6. The highest BCUT2D eigenvalue weighted by Gasteiger charge is 2.25. The third kappa shape index (κ3) is 3.70. The number of imide groups is 1.